The van der Waals surface area contributed by atoms with Crippen molar-refractivity contribution in [2.45, 2.75) is 27.2 Å². The molecule has 0 aliphatic heterocycles. The van der Waals surface area contributed by atoms with Gasteiger partial charge in [0.05, 0.1) is 5.56 Å². The van der Waals surface area contributed by atoms with Gasteiger partial charge in [0.15, 0.2) is 0 Å². The Kier molecular flexibility index (Phi) is 7.03. The molecule has 3 amide bonds. The molecule has 0 aromatic heterocycles. The molecule has 0 heterocycles. The van der Waals surface area contributed by atoms with Gasteiger partial charge < -0.3 is 16.0 Å². The summed E-state index contributed by atoms with van der Waals surface area (Å²) in [7, 11) is 0. The van der Waals surface area contributed by atoms with Crippen LogP contribution in [0.25, 0.3) is 0 Å². The number of hydrogen-bond acceptors (Lipinski definition) is 3. The van der Waals surface area contributed by atoms with Crippen LogP contribution < -0.4 is 16.0 Å². The van der Waals surface area contributed by atoms with Gasteiger partial charge in [-0.25, -0.2) is 8.78 Å². The molecular formula is C21H23F2N3O3. The highest BCUT2D eigenvalue weighted by Crippen LogP contribution is 2.19. The Bertz CT molecular complexity index is 906. The first kappa shape index (κ1) is 22.0. The minimum atomic E-state index is -0.967. The molecule has 0 radical (unpaired) electrons. The largest absolute Gasteiger partial charge is 0.351 e. The Balaban J connectivity index is 1.80. The standard InChI is InChI=1S/C21H23F2N3O3/c1-21(2,3)20(29)26-15-7-5-14(6-8-15)25-18(27)10-11-24-19(28)16-9-4-13(22)12-17(16)23/h4-9,12H,10-11H2,1-3H3,(H,24,28)(H,25,27)(H,26,29). The third-order valence-electron chi connectivity index (χ3n) is 3.92. The molecule has 29 heavy (non-hydrogen) atoms. The van der Waals surface area contributed by atoms with Crippen LogP contribution in [0.2, 0.25) is 0 Å². The number of nitrogens with one attached hydrogen (secondary N) is 3. The van der Waals surface area contributed by atoms with Gasteiger partial charge in [-0.05, 0) is 36.4 Å². The Morgan fingerprint density at radius 1 is 0.897 bits per heavy atom. The zero-order chi connectivity index (χ0) is 21.6. The molecule has 6 nitrogen and oxygen atoms in total. The fraction of sp³-hybridized carbons (Fsp3) is 0.286. The Labute approximate surface area is 167 Å². The molecule has 154 valence electrons. The number of halogens is 2. The normalized spacial score (nSPS) is 10.9. The van der Waals surface area contributed by atoms with Crippen LogP contribution in [0, 0.1) is 17.0 Å². The molecule has 0 unspecified atom stereocenters. The highest BCUT2D eigenvalue weighted by molar-refractivity contribution is 5.96. The Morgan fingerprint density at radius 3 is 2.03 bits per heavy atom. The number of carbonyl (C=O) groups excluding carboxylic acids is 3. The van der Waals surface area contributed by atoms with Crippen LogP contribution in [-0.4, -0.2) is 24.3 Å². The highest BCUT2D eigenvalue weighted by atomic mass is 19.1. The van der Waals surface area contributed by atoms with Crippen molar-refractivity contribution < 1.29 is 23.2 Å². The van der Waals surface area contributed by atoms with Crippen molar-refractivity contribution in [2.75, 3.05) is 17.2 Å². The van der Waals surface area contributed by atoms with Crippen molar-refractivity contribution in [1.29, 1.82) is 0 Å². The molecule has 0 atom stereocenters. The first-order chi connectivity index (χ1) is 13.6. The quantitative estimate of drug-likeness (QED) is 0.687. The second-order valence-electron chi connectivity index (χ2n) is 7.46. The van der Waals surface area contributed by atoms with E-state index in [1.807, 2.05) is 0 Å². The van der Waals surface area contributed by atoms with Gasteiger partial charge in [0.25, 0.3) is 5.91 Å². The average Bonchev–Trinajstić information content (AvgIpc) is 2.62. The van der Waals surface area contributed by atoms with Gasteiger partial charge in [-0.3, -0.25) is 14.4 Å². The molecule has 0 saturated carbocycles. The van der Waals surface area contributed by atoms with Gasteiger partial charge in [-0.1, -0.05) is 20.8 Å². The maximum Gasteiger partial charge on any atom is 0.254 e. The van der Waals surface area contributed by atoms with Gasteiger partial charge in [0.1, 0.15) is 11.6 Å². The smallest absolute Gasteiger partial charge is 0.254 e. The van der Waals surface area contributed by atoms with E-state index in [-0.39, 0.29) is 30.3 Å². The van der Waals surface area contributed by atoms with Crippen molar-refractivity contribution in [2.24, 2.45) is 5.41 Å². The zero-order valence-corrected chi connectivity index (χ0v) is 16.4. The molecule has 0 aliphatic carbocycles. The summed E-state index contributed by atoms with van der Waals surface area (Å²) >= 11 is 0. The minimum absolute atomic E-state index is 0.0127. The lowest BCUT2D eigenvalue weighted by atomic mass is 9.95. The summed E-state index contributed by atoms with van der Waals surface area (Å²) in [6, 6.07) is 9.26. The third kappa shape index (κ3) is 6.67. The van der Waals surface area contributed by atoms with Crippen LogP contribution in [0.15, 0.2) is 42.5 Å². The SMILES string of the molecule is CC(C)(C)C(=O)Nc1ccc(NC(=O)CCNC(=O)c2ccc(F)cc2F)cc1. The van der Waals surface area contributed by atoms with Crippen molar-refractivity contribution in [1.82, 2.24) is 5.32 Å². The van der Waals surface area contributed by atoms with E-state index in [4.69, 9.17) is 0 Å². The molecule has 0 aliphatic rings. The summed E-state index contributed by atoms with van der Waals surface area (Å²) in [6.07, 6.45) is -0.0307. The molecule has 2 rings (SSSR count). The van der Waals surface area contributed by atoms with E-state index < -0.39 is 23.0 Å². The van der Waals surface area contributed by atoms with E-state index in [0.29, 0.717) is 17.4 Å². The van der Waals surface area contributed by atoms with Crippen molar-refractivity contribution >= 4 is 29.1 Å². The fourth-order valence-electron chi connectivity index (χ4n) is 2.24. The van der Waals surface area contributed by atoms with Crippen LogP contribution >= 0.6 is 0 Å². The van der Waals surface area contributed by atoms with Gasteiger partial charge >= 0.3 is 0 Å². The van der Waals surface area contributed by atoms with Crippen molar-refractivity contribution in [3.05, 3.63) is 59.7 Å². The third-order valence-corrected chi connectivity index (χ3v) is 3.92. The average molecular weight is 403 g/mol. The Morgan fingerprint density at radius 2 is 1.48 bits per heavy atom. The van der Waals surface area contributed by atoms with Gasteiger partial charge in [-0.15, -0.1) is 0 Å². The summed E-state index contributed by atoms with van der Waals surface area (Å²) in [5.41, 5.74) is 0.324. The Hall–Kier alpha value is -3.29. The minimum Gasteiger partial charge on any atom is -0.351 e. The van der Waals surface area contributed by atoms with E-state index in [1.54, 1.807) is 45.0 Å². The second-order valence-corrected chi connectivity index (χ2v) is 7.46. The molecule has 0 fully saturated rings. The predicted octanol–water partition coefficient (Wildman–Crippen LogP) is 3.71. The van der Waals surface area contributed by atoms with Gasteiger partial charge in [-0.2, -0.15) is 0 Å². The molecule has 8 heteroatoms. The molecule has 3 N–H and O–H groups in total. The van der Waals surface area contributed by atoms with Gasteiger partial charge in [0.2, 0.25) is 11.8 Å². The summed E-state index contributed by atoms with van der Waals surface area (Å²) in [5.74, 6) is -2.94. The molecular weight excluding hydrogens is 380 g/mol. The number of carbonyl (C=O) groups is 3. The van der Waals surface area contributed by atoms with Crippen LogP contribution in [0.1, 0.15) is 37.6 Å². The lowest BCUT2D eigenvalue weighted by Crippen LogP contribution is -2.28. The topological polar surface area (TPSA) is 87.3 Å². The molecule has 2 aromatic rings. The van der Waals surface area contributed by atoms with E-state index >= 15 is 0 Å². The fourth-order valence-corrected chi connectivity index (χ4v) is 2.24. The number of amides is 3. The molecule has 0 spiro atoms. The number of hydrogen-bond donors (Lipinski definition) is 3. The number of rotatable bonds is 6. The summed E-state index contributed by atoms with van der Waals surface area (Å²) in [5, 5.41) is 7.85. The van der Waals surface area contributed by atoms with Crippen molar-refractivity contribution in [3.8, 4) is 0 Å². The van der Waals surface area contributed by atoms with E-state index in [2.05, 4.69) is 16.0 Å². The molecule has 0 saturated heterocycles. The lowest BCUT2D eigenvalue weighted by Gasteiger charge is -2.17. The monoisotopic (exact) mass is 403 g/mol. The van der Waals surface area contributed by atoms with Gasteiger partial charge in [0, 0.05) is 35.8 Å². The van der Waals surface area contributed by atoms with Crippen LogP contribution in [-0.2, 0) is 9.59 Å². The lowest BCUT2D eigenvalue weighted by molar-refractivity contribution is -0.123. The second kappa shape index (κ2) is 9.27. The first-order valence-corrected chi connectivity index (χ1v) is 9.01. The molecule has 2 aromatic carbocycles. The summed E-state index contributed by atoms with van der Waals surface area (Å²) in [4.78, 5) is 35.8. The van der Waals surface area contributed by atoms with Crippen LogP contribution in [0.4, 0.5) is 20.2 Å². The molecule has 0 bridgehead atoms. The maximum atomic E-state index is 13.5. The maximum absolute atomic E-state index is 13.5. The van der Waals surface area contributed by atoms with E-state index in [9.17, 15) is 23.2 Å². The zero-order valence-electron chi connectivity index (χ0n) is 16.4. The first-order valence-electron chi connectivity index (χ1n) is 9.01. The van der Waals surface area contributed by atoms with Crippen molar-refractivity contribution in [3.63, 3.8) is 0 Å². The van der Waals surface area contributed by atoms with Crippen LogP contribution in [0.5, 0.6) is 0 Å². The summed E-state index contributed by atoms with van der Waals surface area (Å²) in [6.45, 7) is 5.40. The van der Waals surface area contributed by atoms with Crippen LogP contribution in [0.3, 0.4) is 0 Å². The predicted molar refractivity (Wildman–Crippen MR) is 106 cm³/mol. The number of benzene rings is 2. The highest BCUT2D eigenvalue weighted by Gasteiger charge is 2.21. The van der Waals surface area contributed by atoms with E-state index in [1.165, 1.54) is 0 Å². The van der Waals surface area contributed by atoms with E-state index in [0.717, 1.165) is 12.1 Å². The number of anilines is 2. The summed E-state index contributed by atoms with van der Waals surface area (Å²) < 4.78 is 26.4.